The third kappa shape index (κ3) is 4.93. The predicted molar refractivity (Wildman–Crippen MR) is 156 cm³/mol. The molecule has 0 fully saturated rings. The second kappa shape index (κ2) is 10.4. The van der Waals surface area contributed by atoms with E-state index in [4.69, 9.17) is 10.8 Å². The molecule has 0 bridgehead atoms. The number of para-hydroxylation sites is 1. The number of terminal acetylenes is 1. The van der Waals surface area contributed by atoms with E-state index in [0.717, 1.165) is 33.4 Å². The monoisotopic (exact) mass is 513 g/mol. The second-order valence-corrected chi connectivity index (χ2v) is 9.63. The number of hydrogen-bond donors (Lipinski definition) is 2. The van der Waals surface area contributed by atoms with E-state index in [-0.39, 0.29) is 17.0 Å². The van der Waals surface area contributed by atoms with E-state index in [1.165, 1.54) is 0 Å². The summed E-state index contributed by atoms with van der Waals surface area (Å²) in [7, 11) is 0. The Morgan fingerprint density at radius 3 is 2.18 bits per heavy atom. The van der Waals surface area contributed by atoms with Crippen molar-refractivity contribution in [2.45, 2.75) is 26.8 Å². The molecule has 0 radical (unpaired) electrons. The largest absolute Gasteiger partial charge is 0.478 e. The molecule has 39 heavy (non-hydrogen) atoms. The van der Waals surface area contributed by atoms with Crippen LogP contribution in [0.3, 0.4) is 0 Å². The van der Waals surface area contributed by atoms with E-state index >= 15 is 0 Å². The first kappa shape index (κ1) is 25.6. The van der Waals surface area contributed by atoms with Crippen LogP contribution in [0.5, 0.6) is 0 Å². The van der Waals surface area contributed by atoms with Gasteiger partial charge in [-0.2, -0.15) is 0 Å². The first-order valence-electron chi connectivity index (χ1n) is 12.6. The number of hydrogen-bond acceptors (Lipinski definition) is 4. The molecule has 0 saturated heterocycles. The summed E-state index contributed by atoms with van der Waals surface area (Å²) in [4.78, 5) is 25.3. The van der Waals surface area contributed by atoms with Crippen molar-refractivity contribution in [2.24, 2.45) is 0 Å². The van der Waals surface area contributed by atoms with Gasteiger partial charge in [0.2, 0.25) is 0 Å². The first-order chi connectivity index (χ1) is 18.8. The average Bonchev–Trinajstić information content (AvgIpc) is 2.95. The van der Waals surface area contributed by atoms with E-state index in [2.05, 4.69) is 11.2 Å². The molecule has 1 heterocycles. The number of carbonyl (C=O) groups is 1. The Kier molecular flexibility index (Phi) is 6.79. The highest BCUT2D eigenvalue weighted by Crippen LogP contribution is 2.33. The van der Waals surface area contributed by atoms with Crippen LogP contribution < -0.4 is 10.7 Å². The van der Waals surface area contributed by atoms with Gasteiger partial charge in [0, 0.05) is 27.9 Å². The molecule has 5 rings (SSSR count). The molecule has 4 aromatic carbocycles. The summed E-state index contributed by atoms with van der Waals surface area (Å²) in [6, 6.07) is 25.9. The maximum absolute atomic E-state index is 13.5. The van der Waals surface area contributed by atoms with Crippen molar-refractivity contribution < 1.29 is 14.3 Å². The minimum Gasteiger partial charge on any atom is -0.478 e. The van der Waals surface area contributed by atoms with E-state index in [1.807, 2.05) is 74.5 Å². The second-order valence-electron chi connectivity index (χ2n) is 9.63. The van der Waals surface area contributed by atoms with Crippen LogP contribution in [-0.2, 0) is 0 Å². The summed E-state index contributed by atoms with van der Waals surface area (Å²) in [5.74, 6) is 2.12. The van der Waals surface area contributed by atoms with Crippen LogP contribution in [0.1, 0.15) is 45.6 Å². The van der Waals surface area contributed by atoms with Gasteiger partial charge in [-0.25, -0.2) is 4.79 Å². The number of carboxylic acids is 1. The van der Waals surface area contributed by atoms with Crippen molar-refractivity contribution in [3.05, 3.63) is 123 Å². The number of anilines is 1. The topological polar surface area (TPSA) is 79.5 Å². The number of carboxylic acid groups (broad SMARTS) is 1. The fraction of sp³-hybridized carbons (Fsp3) is 0.118. The van der Waals surface area contributed by atoms with Crippen molar-refractivity contribution in [1.82, 2.24) is 0 Å². The molecule has 0 saturated carbocycles. The van der Waals surface area contributed by atoms with Gasteiger partial charge in [-0.05, 0) is 67.8 Å². The van der Waals surface area contributed by atoms with E-state index in [0.29, 0.717) is 28.0 Å². The summed E-state index contributed by atoms with van der Waals surface area (Å²) >= 11 is 0. The van der Waals surface area contributed by atoms with Gasteiger partial charge in [-0.15, -0.1) is 6.42 Å². The van der Waals surface area contributed by atoms with Gasteiger partial charge in [-0.1, -0.05) is 60.5 Å². The lowest BCUT2D eigenvalue weighted by Crippen LogP contribution is -2.14. The standard InChI is InChI=1S/C34H27NO4/c1-5-23-10-12-24(13-11-23)25-14-16-26(17-15-25)32-21(3)31(36)29-19-20(2)18-28(33(29)39-32)22(4)35-30-9-7-6-8-27(30)34(37)38/h1,6-19,22,35H,2-4H3,(H,37,38). The van der Waals surface area contributed by atoms with Crippen LogP contribution in [0.2, 0.25) is 0 Å². The number of aromatic carboxylic acids is 1. The van der Waals surface area contributed by atoms with Crippen LogP contribution in [0.4, 0.5) is 5.69 Å². The van der Waals surface area contributed by atoms with E-state index < -0.39 is 5.97 Å². The minimum absolute atomic E-state index is 0.0942. The molecule has 2 N–H and O–H groups in total. The lowest BCUT2D eigenvalue weighted by Gasteiger charge is -2.20. The third-order valence-corrected chi connectivity index (χ3v) is 6.92. The van der Waals surface area contributed by atoms with Gasteiger partial charge in [0.05, 0.1) is 17.0 Å². The van der Waals surface area contributed by atoms with Crippen LogP contribution in [0.15, 0.2) is 94.1 Å². The molecule has 192 valence electrons. The minimum atomic E-state index is -1.01. The van der Waals surface area contributed by atoms with E-state index in [1.54, 1.807) is 31.2 Å². The Labute approximate surface area is 226 Å². The molecular formula is C34H27NO4. The van der Waals surface area contributed by atoms with Crippen molar-refractivity contribution in [3.63, 3.8) is 0 Å². The molecule has 0 aliphatic carbocycles. The molecule has 5 nitrogen and oxygen atoms in total. The highest BCUT2D eigenvalue weighted by Gasteiger charge is 2.20. The van der Waals surface area contributed by atoms with Crippen molar-refractivity contribution in [1.29, 1.82) is 0 Å². The smallest absolute Gasteiger partial charge is 0.337 e. The molecule has 0 aliphatic heterocycles. The van der Waals surface area contributed by atoms with Crippen molar-refractivity contribution >= 4 is 22.6 Å². The van der Waals surface area contributed by atoms with Crippen LogP contribution in [0.25, 0.3) is 33.4 Å². The Balaban J connectivity index is 1.58. The normalized spacial score (nSPS) is 11.6. The molecule has 1 unspecified atom stereocenters. The highest BCUT2D eigenvalue weighted by atomic mass is 16.4. The van der Waals surface area contributed by atoms with Gasteiger partial charge in [0.15, 0.2) is 5.43 Å². The van der Waals surface area contributed by atoms with Gasteiger partial charge >= 0.3 is 5.97 Å². The van der Waals surface area contributed by atoms with Crippen LogP contribution in [0, 0.1) is 26.2 Å². The summed E-state index contributed by atoms with van der Waals surface area (Å²) in [6.07, 6.45) is 5.47. The zero-order valence-electron chi connectivity index (χ0n) is 21.9. The fourth-order valence-corrected chi connectivity index (χ4v) is 4.84. The Morgan fingerprint density at radius 1 is 0.923 bits per heavy atom. The van der Waals surface area contributed by atoms with Crippen molar-refractivity contribution in [3.8, 4) is 34.8 Å². The Hall–Kier alpha value is -5.08. The molecule has 5 heteroatoms. The number of aryl methyl sites for hydroxylation is 1. The average molecular weight is 514 g/mol. The van der Waals surface area contributed by atoms with Crippen LogP contribution in [-0.4, -0.2) is 11.1 Å². The van der Waals surface area contributed by atoms with Gasteiger partial charge in [0.25, 0.3) is 0 Å². The first-order valence-corrected chi connectivity index (χ1v) is 12.6. The number of benzene rings is 4. The zero-order valence-corrected chi connectivity index (χ0v) is 21.9. The predicted octanol–water partition coefficient (Wildman–Crippen LogP) is 7.60. The molecular weight excluding hydrogens is 486 g/mol. The summed E-state index contributed by atoms with van der Waals surface area (Å²) in [5, 5.41) is 13.4. The van der Waals surface area contributed by atoms with Crippen molar-refractivity contribution in [2.75, 3.05) is 5.32 Å². The summed E-state index contributed by atoms with van der Waals surface area (Å²) in [6.45, 7) is 5.63. The highest BCUT2D eigenvalue weighted by molar-refractivity contribution is 5.94. The quantitative estimate of drug-likeness (QED) is 0.229. The molecule has 5 aromatic rings. The molecule has 0 aliphatic rings. The maximum Gasteiger partial charge on any atom is 0.337 e. The lowest BCUT2D eigenvalue weighted by atomic mass is 9.97. The number of nitrogens with one attached hydrogen (secondary N) is 1. The Morgan fingerprint density at radius 2 is 1.54 bits per heavy atom. The maximum atomic E-state index is 13.5. The van der Waals surface area contributed by atoms with E-state index in [9.17, 15) is 14.7 Å². The SMILES string of the molecule is C#Cc1ccc(-c2ccc(-c3oc4c(C(C)Nc5ccccc5C(=O)O)cc(C)cc4c(=O)c3C)cc2)cc1. The molecule has 1 aromatic heterocycles. The zero-order chi connectivity index (χ0) is 27.7. The van der Waals surface area contributed by atoms with Gasteiger partial charge < -0.3 is 14.8 Å². The summed E-state index contributed by atoms with van der Waals surface area (Å²) in [5.41, 5.74) is 6.94. The molecule has 0 amide bonds. The number of fused-ring (bicyclic) bond motifs is 1. The van der Waals surface area contributed by atoms with Crippen LogP contribution >= 0.6 is 0 Å². The van der Waals surface area contributed by atoms with Gasteiger partial charge in [0.1, 0.15) is 11.3 Å². The molecule has 1 atom stereocenters. The third-order valence-electron chi connectivity index (χ3n) is 6.92. The lowest BCUT2D eigenvalue weighted by molar-refractivity contribution is 0.0698. The Bertz CT molecular complexity index is 1810. The fourth-order valence-electron chi connectivity index (χ4n) is 4.84. The number of rotatable bonds is 6. The summed E-state index contributed by atoms with van der Waals surface area (Å²) < 4.78 is 6.48. The molecule has 0 spiro atoms. The van der Waals surface area contributed by atoms with Gasteiger partial charge in [-0.3, -0.25) is 4.79 Å².